The highest BCUT2D eigenvalue weighted by atomic mass is 16.7. The van der Waals surface area contributed by atoms with Crippen molar-refractivity contribution < 1.29 is 10.4 Å². The number of hydrogen-bond donors (Lipinski definition) is 3. The van der Waals surface area contributed by atoms with E-state index in [9.17, 15) is 0 Å². The van der Waals surface area contributed by atoms with Crippen LogP contribution in [0.15, 0.2) is 24.3 Å². The summed E-state index contributed by atoms with van der Waals surface area (Å²) < 4.78 is 0. The molecular formula is C8H11NO2. The molecule has 3 rings (SSSR count). The van der Waals surface area contributed by atoms with Crippen molar-refractivity contribution in [2.24, 2.45) is 0 Å². The van der Waals surface area contributed by atoms with Crippen LogP contribution in [0.2, 0.25) is 0 Å². The highest BCUT2D eigenvalue weighted by molar-refractivity contribution is 5.28. The molecule has 0 aromatic heterocycles. The van der Waals surface area contributed by atoms with E-state index in [1.807, 2.05) is 0 Å². The third-order valence-corrected chi connectivity index (χ3v) is 1.73. The fourth-order valence-electron chi connectivity index (χ4n) is 1.16. The maximum Gasteiger partial charge on any atom is -0.0238 e. The van der Waals surface area contributed by atoms with Gasteiger partial charge in [0.05, 0.1) is 0 Å². The lowest BCUT2D eigenvalue weighted by atomic mass is 9.97. The quantitative estimate of drug-likeness (QED) is 0.490. The van der Waals surface area contributed by atoms with E-state index in [4.69, 9.17) is 10.4 Å². The summed E-state index contributed by atoms with van der Waals surface area (Å²) in [6.07, 6.45) is 2.53. The first kappa shape index (κ1) is 8.20. The second-order valence-electron chi connectivity index (χ2n) is 2.42. The van der Waals surface area contributed by atoms with E-state index in [-0.39, 0.29) is 0 Å². The summed E-state index contributed by atoms with van der Waals surface area (Å²) in [4.78, 5) is 0. The Morgan fingerprint density at radius 3 is 1.27 bits per heavy atom. The molecule has 0 heterocycles. The maximum atomic E-state index is 6.88. The second-order valence-corrected chi connectivity index (χ2v) is 2.42. The summed E-state index contributed by atoms with van der Waals surface area (Å²) in [6.45, 7) is 0. The van der Waals surface area contributed by atoms with Gasteiger partial charge >= 0.3 is 0 Å². The summed E-state index contributed by atoms with van der Waals surface area (Å²) in [5.74, 6) is 0. The Bertz CT molecular complexity index is 185. The van der Waals surface area contributed by atoms with Crippen LogP contribution in [0.4, 0.5) is 0 Å². The molecule has 2 aliphatic carbocycles. The van der Waals surface area contributed by atoms with Gasteiger partial charge in [-0.2, -0.15) is 0 Å². The third-order valence-electron chi connectivity index (χ3n) is 1.73. The molecule has 3 N–H and O–H groups in total. The van der Waals surface area contributed by atoms with E-state index in [2.05, 4.69) is 24.3 Å². The van der Waals surface area contributed by atoms with Gasteiger partial charge in [-0.3, -0.25) is 10.4 Å². The standard InChI is InChI=1S/C8H8.H3NO2/c1-2-8-5-3-7(1)4-6-8;2-1-3/h1-3,5H,4,6H2;1-3H. The lowest BCUT2D eigenvalue weighted by molar-refractivity contribution is -0.0678. The molecule has 0 fully saturated rings. The van der Waals surface area contributed by atoms with Crippen LogP contribution in [0.3, 0.4) is 0 Å². The van der Waals surface area contributed by atoms with E-state index < -0.39 is 0 Å². The Morgan fingerprint density at radius 2 is 1.18 bits per heavy atom. The van der Waals surface area contributed by atoms with Crippen LogP contribution >= 0.6 is 0 Å². The maximum absolute atomic E-state index is 6.88. The van der Waals surface area contributed by atoms with Crippen LogP contribution in [0, 0.1) is 0 Å². The Hall–Kier alpha value is -0.900. The second kappa shape index (κ2) is 4.08. The van der Waals surface area contributed by atoms with E-state index in [0.717, 1.165) is 5.64 Å². The minimum atomic E-state index is 0.750. The minimum Gasteiger partial charge on any atom is -0.292 e. The van der Waals surface area contributed by atoms with Crippen molar-refractivity contribution in [2.75, 3.05) is 0 Å². The third kappa shape index (κ3) is 2.31. The largest absolute Gasteiger partial charge is 0.292 e. The van der Waals surface area contributed by atoms with Crippen molar-refractivity contribution in [3.63, 3.8) is 0 Å². The average Bonchev–Trinajstić information content (AvgIpc) is 2.09. The lowest BCUT2D eigenvalue weighted by Crippen LogP contribution is -1.97. The summed E-state index contributed by atoms with van der Waals surface area (Å²) >= 11 is 0. The Morgan fingerprint density at radius 1 is 0.909 bits per heavy atom. The first-order chi connectivity index (χ1) is 5.36. The minimum absolute atomic E-state index is 0.750. The molecule has 0 saturated heterocycles. The molecule has 0 atom stereocenters. The molecule has 0 saturated carbocycles. The fourth-order valence-corrected chi connectivity index (χ4v) is 1.16. The van der Waals surface area contributed by atoms with E-state index >= 15 is 0 Å². The van der Waals surface area contributed by atoms with Crippen LogP contribution in [-0.2, 0) is 12.8 Å². The first-order valence-corrected chi connectivity index (χ1v) is 3.48. The van der Waals surface area contributed by atoms with Crippen molar-refractivity contribution in [3.8, 4) is 0 Å². The molecule has 0 aliphatic heterocycles. The molecule has 11 heavy (non-hydrogen) atoms. The molecule has 2 aliphatic rings. The van der Waals surface area contributed by atoms with Gasteiger partial charge in [0.15, 0.2) is 0 Å². The number of hydrogen-bond acceptors (Lipinski definition) is 3. The topological polar surface area (TPSA) is 52.5 Å². The molecule has 0 spiro atoms. The van der Waals surface area contributed by atoms with E-state index in [0.29, 0.717) is 0 Å². The molecule has 3 nitrogen and oxygen atoms in total. The van der Waals surface area contributed by atoms with E-state index in [1.54, 1.807) is 0 Å². The number of benzene rings is 1. The summed E-state index contributed by atoms with van der Waals surface area (Å²) in [6, 6.07) is 8.83. The summed E-state index contributed by atoms with van der Waals surface area (Å²) in [5.41, 5.74) is 3.72. The Labute approximate surface area is 65.2 Å². The van der Waals surface area contributed by atoms with Crippen LogP contribution in [0.5, 0.6) is 0 Å². The molecule has 1 aromatic carbocycles. The van der Waals surface area contributed by atoms with E-state index in [1.165, 1.54) is 24.0 Å². The van der Waals surface area contributed by atoms with Crippen LogP contribution in [-0.4, -0.2) is 10.4 Å². The molecule has 0 radical (unpaired) electrons. The van der Waals surface area contributed by atoms with Gasteiger partial charge < -0.3 is 0 Å². The molecule has 0 amide bonds. The lowest BCUT2D eigenvalue weighted by Gasteiger charge is -2.09. The van der Waals surface area contributed by atoms with Gasteiger partial charge in [-0.15, -0.1) is 0 Å². The Kier molecular flexibility index (Phi) is 3.04. The zero-order valence-electron chi connectivity index (χ0n) is 6.12. The summed E-state index contributed by atoms with van der Waals surface area (Å²) in [7, 11) is 0. The first-order valence-electron chi connectivity index (χ1n) is 3.48. The zero-order valence-corrected chi connectivity index (χ0v) is 6.12. The monoisotopic (exact) mass is 153 g/mol. The van der Waals surface area contributed by atoms with Gasteiger partial charge in [-0.05, 0) is 24.0 Å². The van der Waals surface area contributed by atoms with Crippen molar-refractivity contribution in [3.05, 3.63) is 35.4 Å². The average molecular weight is 153 g/mol. The van der Waals surface area contributed by atoms with Gasteiger partial charge in [-0.25, -0.2) is 0 Å². The SMILES string of the molecule is ONO.c1cc2ccc1CC2. The van der Waals surface area contributed by atoms with Crippen LogP contribution in [0.25, 0.3) is 0 Å². The fraction of sp³-hybridized carbons (Fsp3) is 0.250. The van der Waals surface area contributed by atoms with Crippen LogP contribution < -0.4 is 5.64 Å². The van der Waals surface area contributed by atoms with Crippen molar-refractivity contribution >= 4 is 0 Å². The predicted octanol–water partition coefficient (Wildman–Crippen LogP) is 1.14. The predicted molar refractivity (Wildman–Crippen MR) is 40.6 cm³/mol. The molecule has 3 heteroatoms. The molecule has 2 bridgehead atoms. The van der Waals surface area contributed by atoms with Gasteiger partial charge in [0, 0.05) is 0 Å². The zero-order chi connectivity index (χ0) is 8.10. The van der Waals surface area contributed by atoms with Gasteiger partial charge in [0.25, 0.3) is 0 Å². The highest BCUT2D eigenvalue weighted by Gasteiger charge is 2.01. The smallest absolute Gasteiger partial charge is 0.0238 e. The van der Waals surface area contributed by atoms with Crippen molar-refractivity contribution in [2.45, 2.75) is 12.8 Å². The molecule has 1 aromatic rings. The number of rotatable bonds is 0. The highest BCUT2D eigenvalue weighted by Crippen LogP contribution is 2.14. The van der Waals surface area contributed by atoms with Gasteiger partial charge in [0.2, 0.25) is 0 Å². The van der Waals surface area contributed by atoms with Gasteiger partial charge in [0.1, 0.15) is 0 Å². The Balaban J connectivity index is 0.000000179. The number of fused-ring (bicyclic) bond motifs is 3. The molecule has 60 valence electrons. The molecular weight excluding hydrogens is 142 g/mol. The van der Waals surface area contributed by atoms with Crippen LogP contribution in [0.1, 0.15) is 11.1 Å². The molecule has 0 unspecified atom stereocenters. The normalized spacial score (nSPS) is 12.2. The number of nitrogens with one attached hydrogen (secondary N) is 1. The number of aryl methyl sites for hydroxylation is 2. The van der Waals surface area contributed by atoms with Gasteiger partial charge in [-0.1, -0.05) is 29.9 Å². The summed E-state index contributed by atoms with van der Waals surface area (Å²) in [5, 5.41) is 13.8. The van der Waals surface area contributed by atoms with Crippen molar-refractivity contribution in [1.82, 2.24) is 5.64 Å². The van der Waals surface area contributed by atoms with Crippen molar-refractivity contribution in [1.29, 1.82) is 0 Å².